The van der Waals surface area contributed by atoms with E-state index in [0.29, 0.717) is 27.1 Å². The number of aryl methyl sites for hydroxylation is 2. The molecule has 31 heteroatoms. The van der Waals surface area contributed by atoms with Gasteiger partial charge in [-0.05, 0) is 78.9 Å². The van der Waals surface area contributed by atoms with Crippen molar-refractivity contribution < 1.29 is 33.7 Å². The Bertz CT molecular complexity index is 3940. The van der Waals surface area contributed by atoms with E-state index in [4.69, 9.17) is 92.8 Å². The molecule has 0 fully saturated rings. The van der Waals surface area contributed by atoms with Crippen molar-refractivity contribution in [1.29, 1.82) is 0 Å². The van der Waals surface area contributed by atoms with Crippen LogP contribution in [-0.2, 0) is 70.7 Å². The first-order valence-corrected chi connectivity index (χ1v) is 30.6. The van der Waals surface area contributed by atoms with Crippen LogP contribution in [0.1, 0.15) is 17.1 Å². The van der Waals surface area contributed by atoms with Crippen LogP contribution in [0.4, 0.5) is 0 Å². The minimum Gasteiger partial charge on any atom is -0.301 e. The van der Waals surface area contributed by atoms with E-state index in [-0.39, 0.29) is 95.1 Å². The van der Waals surface area contributed by atoms with E-state index in [1.165, 1.54) is 107 Å². The first-order valence-electron chi connectivity index (χ1n) is 21.0. The summed E-state index contributed by atoms with van der Waals surface area (Å²) in [5.74, 6) is -1.09. The van der Waals surface area contributed by atoms with Crippen LogP contribution in [0.3, 0.4) is 0 Å². The van der Waals surface area contributed by atoms with E-state index in [2.05, 4.69) is 27.0 Å². The fraction of sp³-hybridized carbons (Fsp3) is 0.178. The molecule has 4 N–H and O–H groups in total. The molecule has 0 amide bonds. The van der Waals surface area contributed by atoms with Crippen LogP contribution in [-0.4, -0.2) is 93.3 Å². The molecule has 19 nitrogen and oxygen atoms in total. The average molecular weight is 1280 g/mol. The molecule has 4 aromatic carbocycles. The van der Waals surface area contributed by atoms with E-state index >= 15 is 0 Å². The number of likely N-dealkylation sites (N-methyl/N-ethyl adjacent to an activating group) is 1. The van der Waals surface area contributed by atoms with Gasteiger partial charge in [-0.1, -0.05) is 99.4 Å². The number of benzene rings is 4. The second-order valence-electron chi connectivity index (χ2n) is 16.3. The highest BCUT2D eigenvalue weighted by molar-refractivity contribution is 7.92. The zero-order chi connectivity index (χ0) is 56.8. The van der Waals surface area contributed by atoms with Crippen LogP contribution in [0.25, 0.3) is 0 Å². The van der Waals surface area contributed by atoms with E-state index in [0.717, 1.165) is 5.70 Å². The van der Waals surface area contributed by atoms with Gasteiger partial charge in [-0.25, -0.2) is 33.7 Å². The maximum absolute atomic E-state index is 12.4. The molecule has 408 valence electrons. The second-order valence-corrected chi connectivity index (χ2v) is 27.7. The zero-order valence-electron chi connectivity index (χ0n) is 39.7. The van der Waals surface area contributed by atoms with Gasteiger partial charge in [-0.3, -0.25) is 49.1 Å². The van der Waals surface area contributed by atoms with Crippen LogP contribution in [0.15, 0.2) is 149 Å². The molecule has 0 unspecified atom stereocenters. The number of H-pyrrole nitrogens is 4. The predicted molar refractivity (Wildman–Crippen MR) is 297 cm³/mol. The summed E-state index contributed by atoms with van der Waals surface area (Å²) in [6.45, 7) is 3.84. The van der Waals surface area contributed by atoms with Crippen LogP contribution < -0.4 is 16.7 Å². The molecule has 0 atom stereocenters. The molecule has 76 heavy (non-hydrogen) atoms. The fourth-order valence-electron chi connectivity index (χ4n) is 6.59. The molecule has 0 spiro atoms. The molecule has 0 saturated heterocycles. The second kappa shape index (κ2) is 25.3. The summed E-state index contributed by atoms with van der Waals surface area (Å²) < 4.78 is 100. The normalized spacial score (nSPS) is 12.8. The topological polar surface area (TPSA) is 267 Å². The highest BCUT2D eigenvalue weighted by Gasteiger charge is 2.26. The number of hydrazine groups is 1. The average Bonchev–Trinajstić information content (AvgIpc) is 4.00. The third-order valence-electron chi connectivity index (χ3n) is 10.4. The highest BCUT2D eigenvalue weighted by atomic mass is 35.5. The number of sulfone groups is 4. The molecule has 0 radical (unpaired) electrons. The van der Waals surface area contributed by atoms with Gasteiger partial charge < -0.3 is 5.10 Å². The smallest absolute Gasteiger partial charge is 0.266 e. The first-order chi connectivity index (χ1) is 35.1. The van der Waals surface area contributed by atoms with Gasteiger partial charge in [0.25, 0.3) is 16.7 Å². The van der Waals surface area contributed by atoms with Gasteiger partial charge in [-0.15, -0.1) is 0 Å². The third-order valence-corrected chi connectivity index (χ3v) is 18.7. The van der Waals surface area contributed by atoms with Gasteiger partial charge in [0.1, 0.15) is 0 Å². The molecule has 0 saturated carbocycles. The SMILES string of the molecule is C=C1C=C(CS(=O)(=O)c2cc(Cl)cc(Cl)c2)N(C)N1C.Cn1[nH]c(=O)cc1CS(=O)(=O)c1cc(Cl)cc(Cl)c1.Cn1[nH]c(CS(=O)(=O)c2cc(Cl)cc(Cl)c2)cc1=O.O=c1cc(CS(=O)(=O)c2cc(Cl)cc(Cl)c2)[nH][nH]1. The van der Waals surface area contributed by atoms with Crippen molar-refractivity contribution in [1.82, 2.24) is 39.8 Å². The Morgan fingerprint density at radius 2 is 0.776 bits per heavy atom. The number of nitrogens with zero attached hydrogens (tertiary/aromatic N) is 4. The number of hydrogen-bond acceptors (Lipinski definition) is 13. The van der Waals surface area contributed by atoms with E-state index in [1.54, 1.807) is 30.2 Å². The maximum Gasteiger partial charge on any atom is 0.266 e. The monoisotopic (exact) mass is 1280 g/mol. The van der Waals surface area contributed by atoms with Crippen molar-refractivity contribution in [3.05, 3.63) is 203 Å². The van der Waals surface area contributed by atoms with Crippen molar-refractivity contribution in [3.63, 3.8) is 0 Å². The van der Waals surface area contributed by atoms with Crippen LogP contribution in [0.2, 0.25) is 40.2 Å². The molecule has 1 aliphatic heterocycles. The van der Waals surface area contributed by atoms with E-state index in [1.807, 2.05) is 7.05 Å². The van der Waals surface area contributed by atoms with Crippen LogP contribution in [0.5, 0.6) is 0 Å². The highest BCUT2D eigenvalue weighted by Crippen LogP contribution is 2.29. The molecule has 3 aromatic heterocycles. The molecule has 7 aromatic rings. The lowest BCUT2D eigenvalue weighted by atomic mass is 10.4. The third kappa shape index (κ3) is 17.3. The zero-order valence-corrected chi connectivity index (χ0v) is 49.0. The number of halogens is 8. The molecule has 0 aliphatic carbocycles. The number of rotatable bonds is 12. The van der Waals surface area contributed by atoms with Crippen LogP contribution >= 0.6 is 92.8 Å². The summed E-state index contributed by atoms with van der Waals surface area (Å²) in [6.07, 6.45) is 1.74. The number of hydrogen-bond donors (Lipinski definition) is 4. The Kier molecular flexibility index (Phi) is 20.6. The van der Waals surface area contributed by atoms with Gasteiger partial charge in [0.05, 0.1) is 71.1 Å². The standard InChI is InChI=1S/C13H14Cl2N2O2S.2C11H10Cl2N2O3S.C10H8Cl2N2O3S/c1-9-4-12(17(3)16(9)2)8-20(18,19)13-6-10(14)5-11(15)7-13;1-15-9(5-11(16)14-15)6-19(17,18)10-3-7(12)2-8(13)4-10;1-15-11(16)5-9(14-15)6-19(17,18)10-3-7(12)2-8(13)4-10;11-6-1-7(12)3-9(2-6)18(16,17)5-8-4-10(15)14-13-8/h4-7H,1,8H2,2-3H3;2-5H,6H2,1H3,(H,14,16);2-5,14H,6H2,1H3;1-4H,5H2,(H2,13,14,15). The van der Waals surface area contributed by atoms with Crippen molar-refractivity contribution >= 4 is 132 Å². The summed E-state index contributed by atoms with van der Waals surface area (Å²) in [7, 11) is -7.68. The van der Waals surface area contributed by atoms with Crippen LogP contribution in [0, 0.1) is 0 Å². The summed E-state index contributed by atoms with van der Waals surface area (Å²) in [5.41, 5.74) is 1.30. The Morgan fingerprint density at radius 1 is 0.408 bits per heavy atom. The fourth-order valence-corrected chi connectivity index (χ4v) is 14.8. The molecule has 1 aliphatic rings. The summed E-state index contributed by atoms with van der Waals surface area (Å²) in [4.78, 5) is 33.5. The lowest BCUT2D eigenvalue weighted by Crippen LogP contribution is -2.31. The van der Waals surface area contributed by atoms with E-state index in [9.17, 15) is 48.1 Å². The molecular formula is C45H42Cl8N8O11S4. The van der Waals surface area contributed by atoms with Crippen molar-refractivity contribution in [2.45, 2.75) is 36.8 Å². The van der Waals surface area contributed by atoms with Gasteiger partial charge in [0.15, 0.2) is 39.3 Å². The predicted octanol–water partition coefficient (Wildman–Crippen LogP) is 8.93. The van der Waals surface area contributed by atoms with E-state index < -0.39 is 39.3 Å². The largest absolute Gasteiger partial charge is 0.301 e. The van der Waals surface area contributed by atoms with Gasteiger partial charge in [0, 0.05) is 86.6 Å². The number of aromatic nitrogens is 6. The molecule has 8 rings (SSSR count). The van der Waals surface area contributed by atoms with Crippen molar-refractivity contribution in [3.8, 4) is 0 Å². The van der Waals surface area contributed by atoms with Gasteiger partial charge >= 0.3 is 0 Å². The number of nitrogens with one attached hydrogen (secondary N) is 4. The van der Waals surface area contributed by atoms with Crippen molar-refractivity contribution in [2.75, 3.05) is 19.8 Å². The molecular weight excluding hydrogens is 1240 g/mol. The lowest BCUT2D eigenvalue weighted by Gasteiger charge is -2.26. The maximum atomic E-state index is 12.4. The lowest BCUT2D eigenvalue weighted by molar-refractivity contribution is 0.134. The quantitative estimate of drug-likeness (QED) is 0.0891. The Labute approximate surface area is 475 Å². The Morgan fingerprint density at radius 3 is 1.08 bits per heavy atom. The number of allylic oxidation sites excluding steroid dienone is 1. The minimum atomic E-state index is -3.62. The summed E-state index contributed by atoms with van der Waals surface area (Å²) in [5, 5.41) is 15.4. The summed E-state index contributed by atoms with van der Waals surface area (Å²) in [6, 6.07) is 20.2. The first kappa shape index (κ1) is 62.0. The number of aromatic amines is 4. The summed E-state index contributed by atoms with van der Waals surface area (Å²) >= 11 is 46.3. The molecule has 0 bridgehead atoms. The molecule has 4 heterocycles. The van der Waals surface area contributed by atoms with Gasteiger partial charge in [0.2, 0.25) is 0 Å². The van der Waals surface area contributed by atoms with Gasteiger partial charge in [-0.2, -0.15) is 0 Å². The Balaban J connectivity index is 0.000000187. The van der Waals surface area contributed by atoms with Crippen molar-refractivity contribution in [2.24, 2.45) is 14.1 Å². The Hall–Kier alpha value is -4.89. The minimum absolute atomic E-state index is 0.0158.